The second-order valence-electron chi connectivity index (χ2n) is 1.69. The number of hydrazine groups is 1. The van der Waals surface area contributed by atoms with Crippen LogP contribution in [0.2, 0.25) is 0 Å². The maximum atomic E-state index is 5.12. The van der Waals surface area contributed by atoms with Crippen molar-refractivity contribution in [3.05, 3.63) is 24.3 Å². The minimum atomic E-state index is 0.896. The number of anilines is 1. The molecule has 0 saturated carbocycles. The van der Waals surface area contributed by atoms with E-state index >= 15 is 0 Å². The van der Waals surface area contributed by atoms with Gasteiger partial charge in [0.2, 0.25) is 0 Å². The van der Waals surface area contributed by atoms with Gasteiger partial charge in [0.15, 0.2) is 0 Å². The van der Waals surface area contributed by atoms with Crippen LogP contribution in [0.1, 0.15) is 13.8 Å². The Morgan fingerprint density at radius 2 is 1.64 bits per heavy atom. The predicted octanol–water partition coefficient (Wildman–Crippen LogP) is 2.29. The molecule has 11 heavy (non-hydrogen) atoms. The van der Waals surface area contributed by atoms with Crippen LogP contribution in [0.4, 0.5) is 5.69 Å². The van der Waals surface area contributed by atoms with Crippen LogP contribution >= 0.6 is 12.6 Å². The molecule has 0 aliphatic rings. The van der Waals surface area contributed by atoms with Crippen LogP contribution in [0.5, 0.6) is 0 Å². The van der Waals surface area contributed by atoms with Crippen molar-refractivity contribution >= 4 is 18.3 Å². The van der Waals surface area contributed by atoms with Crippen molar-refractivity contribution < 1.29 is 0 Å². The Labute approximate surface area is 73.2 Å². The van der Waals surface area contributed by atoms with Gasteiger partial charge in [-0.05, 0) is 24.3 Å². The van der Waals surface area contributed by atoms with Crippen molar-refractivity contribution in [1.29, 1.82) is 0 Å². The van der Waals surface area contributed by atoms with Gasteiger partial charge in [-0.15, -0.1) is 12.6 Å². The van der Waals surface area contributed by atoms with Crippen LogP contribution in [0.15, 0.2) is 29.2 Å². The van der Waals surface area contributed by atoms with Crippen molar-refractivity contribution in [2.75, 3.05) is 5.43 Å². The van der Waals surface area contributed by atoms with E-state index < -0.39 is 0 Å². The molecule has 3 heteroatoms. The Morgan fingerprint density at radius 3 is 2.00 bits per heavy atom. The molecule has 0 atom stereocenters. The van der Waals surface area contributed by atoms with Crippen LogP contribution in [0.25, 0.3) is 0 Å². The van der Waals surface area contributed by atoms with Crippen molar-refractivity contribution in [3.8, 4) is 0 Å². The summed E-state index contributed by atoms with van der Waals surface area (Å²) in [6, 6.07) is 7.47. The Bertz CT molecular complexity index is 184. The molecule has 62 valence electrons. The van der Waals surface area contributed by atoms with Gasteiger partial charge in [0.25, 0.3) is 0 Å². The summed E-state index contributed by atoms with van der Waals surface area (Å²) in [6.45, 7) is 4.00. The smallest absolute Gasteiger partial charge is 0.0485 e. The molecule has 0 radical (unpaired) electrons. The van der Waals surface area contributed by atoms with Crippen molar-refractivity contribution in [1.82, 2.24) is 0 Å². The van der Waals surface area contributed by atoms with Crippen LogP contribution in [0, 0.1) is 0 Å². The largest absolute Gasteiger partial charge is 0.324 e. The zero-order valence-electron chi connectivity index (χ0n) is 6.83. The Hall–Kier alpha value is -0.670. The molecule has 1 aromatic rings. The second kappa shape index (κ2) is 6.07. The van der Waals surface area contributed by atoms with Crippen LogP contribution in [0.3, 0.4) is 0 Å². The van der Waals surface area contributed by atoms with Crippen molar-refractivity contribution in [3.63, 3.8) is 0 Å². The molecular formula is C8H14N2S. The molecule has 2 nitrogen and oxygen atoms in total. The van der Waals surface area contributed by atoms with E-state index in [1.807, 2.05) is 38.1 Å². The highest BCUT2D eigenvalue weighted by atomic mass is 32.1. The minimum absolute atomic E-state index is 0.896. The maximum Gasteiger partial charge on any atom is 0.0485 e. The van der Waals surface area contributed by atoms with E-state index in [-0.39, 0.29) is 0 Å². The van der Waals surface area contributed by atoms with Gasteiger partial charge in [0.05, 0.1) is 0 Å². The molecule has 3 N–H and O–H groups in total. The molecule has 1 aromatic carbocycles. The van der Waals surface area contributed by atoms with E-state index in [0.717, 1.165) is 10.6 Å². The SMILES string of the molecule is CC.NNc1ccc(S)cc1. The number of benzene rings is 1. The number of rotatable bonds is 1. The predicted molar refractivity (Wildman–Crippen MR) is 52.9 cm³/mol. The molecule has 0 heterocycles. The average molecular weight is 170 g/mol. The van der Waals surface area contributed by atoms with E-state index in [0.29, 0.717) is 0 Å². The Morgan fingerprint density at radius 1 is 1.18 bits per heavy atom. The molecule has 0 bridgehead atoms. The van der Waals surface area contributed by atoms with Gasteiger partial charge < -0.3 is 5.43 Å². The fourth-order valence-electron chi connectivity index (χ4n) is 0.558. The van der Waals surface area contributed by atoms with Gasteiger partial charge in [0, 0.05) is 10.6 Å². The molecule has 1 rings (SSSR count). The molecule has 0 saturated heterocycles. The van der Waals surface area contributed by atoms with Crippen LogP contribution < -0.4 is 11.3 Å². The number of nitrogen functional groups attached to an aromatic ring is 1. The number of hydrogen-bond donors (Lipinski definition) is 3. The first-order valence-electron chi connectivity index (χ1n) is 3.58. The zero-order valence-corrected chi connectivity index (χ0v) is 7.73. The molecule has 0 spiro atoms. The van der Waals surface area contributed by atoms with E-state index in [9.17, 15) is 0 Å². The Kier molecular flexibility index (Phi) is 5.70. The molecular weight excluding hydrogens is 156 g/mol. The van der Waals surface area contributed by atoms with E-state index in [1.165, 1.54) is 0 Å². The van der Waals surface area contributed by atoms with Crippen LogP contribution in [-0.2, 0) is 0 Å². The third kappa shape index (κ3) is 3.91. The first kappa shape index (κ1) is 10.3. The highest BCUT2D eigenvalue weighted by molar-refractivity contribution is 7.80. The summed E-state index contributed by atoms with van der Waals surface area (Å²) in [5, 5.41) is 0. The lowest BCUT2D eigenvalue weighted by molar-refractivity contribution is 1.33. The third-order valence-electron chi connectivity index (χ3n) is 1.03. The van der Waals surface area contributed by atoms with Crippen molar-refractivity contribution in [2.24, 2.45) is 5.84 Å². The summed E-state index contributed by atoms with van der Waals surface area (Å²) in [5.74, 6) is 5.12. The number of thiol groups is 1. The monoisotopic (exact) mass is 170 g/mol. The second-order valence-corrected chi connectivity index (χ2v) is 2.21. The minimum Gasteiger partial charge on any atom is -0.324 e. The van der Waals surface area contributed by atoms with Crippen LogP contribution in [-0.4, -0.2) is 0 Å². The fraction of sp³-hybridized carbons (Fsp3) is 0.250. The van der Waals surface area contributed by atoms with Gasteiger partial charge in [-0.25, -0.2) is 0 Å². The summed E-state index contributed by atoms with van der Waals surface area (Å²) in [7, 11) is 0. The molecule has 0 aromatic heterocycles. The van der Waals surface area contributed by atoms with Gasteiger partial charge >= 0.3 is 0 Å². The zero-order chi connectivity index (χ0) is 8.69. The lowest BCUT2D eigenvalue weighted by Crippen LogP contribution is -2.05. The summed E-state index contributed by atoms with van der Waals surface area (Å²) in [4.78, 5) is 0.939. The lowest BCUT2D eigenvalue weighted by atomic mass is 10.3. The van der Waals surface area contributed by atoms with Crippen molar-refractivity contribution in [2.45, 2.75) is 18.7 Å². The third-order valence-corrected chi connectivity index (χ3v) is 1.33. The quantitative estimate of drug-likeness (QED) is 0.344. The molecule has 0 aliphatic carbocycles. The fourth-order valence-corrected chi connectivity index (χ4v) is 0.707. The van der Waals surface area contributed by atoms with E-state index in [1.54, 1.807) is 0 Å². The normalized spacial score (nSPS) is 8.00. The highest BCUT2D eigenvalue weighted by Gasteiger charge is 1.84. The first-order valence-corrected chi connectivity index (χ1v) is 4.03. The van der Waals surface area contributed by atoms with Gasteiger partial charge in [-0.2, -0.15) is 0 Å². The molecule has 0 fully saturated rings. The Balaban J connectivity index is 0.000000461. The number of nitrogens with two attached hydrogens (primary N) is 1. The highest BCUT2D eigenvalue weighted by Crippen LogP contribution is 2.09. The van der Waals surface area contributed by atoms with Gasteiger partial charge in [0.1, 0.15) is 0 Å². The topological polar surface area (TPSA) is 38.0 Å². The first-order chi connectivity index (χ1) is 5.33. The maximum absolute atomic E-state index is 5.12. The molecule has 0 amide bonds. The lowest BCUT2D eigenvalue weighted by Gasteiger charge is -1.96. The summed E-state index contributed by atoms with van der Waals surface area (Å²) < 4.78 is 0. The molecule has 0 aliphatic heterocycles. The van der Waals surface area contributed by atoms with E-state index in [4.69, 9.17) is 5.84 Å². The molecule has 0 unspecified atom stereocenters. The average Bonchev–Trinajstić information content (AvgIpc) is 2.10. The van der Waals surface area contributed by atoms with Gasteiger partial charge in [-0.1, -0.05) is 13.8 Å². The summed E-state index contributed by atoms with van der Waals surface area (Å²) in [5.41, 5.74) is 3.42. The number of hydrogen-bond acceptors (Lipinski definition) is 3. The number of nitrogens with one attached hydrogen (secondary N) is 1. The van der Waals surface area contributed by atoms with E-state index in [2.05, 4.69) is 18.1 Å². The summed E-state index contributed by atoms with van der Waals surface area (Å²) >= 11 is 4.10. The van der Waals surface area contributed by atoms with Gasteiger partial charge in [-0.3, -0.25) is 5.84 Å². The summed E-state index contributed by atoms with van der Waals surface area (Å²) in [6.07, 6.45) is 0. The standard InChI is InChI=1S/C6H8N2S.C2H6/c7-8-5-1-3-6(9)4-2-5;1-2/h1-4,8-9H,7H2;1-2H3.